The molecule has 0 saturated heterocycles. The van der Waals surface area contributed by atoms with Gasteiger partial charge in [-0.25, -0.2) is 4.68 Å². The molecule has 1 rings (SSSR count). The van der Waals surface area contributed by atoms with E-state index in [0.29, 0.717) is 13.2 Å². The molecule has 0 atom stereocenters. The number of nitrogens with zero attached hydrogens (tertiary/aromatic N) is 2. The van der Waals surface area contributed by atoms with Gasteiger partial charge in [0.2, 0.25) is 0 Å². The molecule has 0 amide bonds. The summed E-state index contributed by atoms with van der Waals surface area (Å²) < 4.78 is 1.66. The number of hydrogen-bond donors (Lipinski definition) is 1. The number of nitrogens with one attached hydrogen (secondary N) is 1. The van der Waals surface area contributed by atoms with Gasteiger partial charge in [0.05, 0.1) is 12.8 Å². The first-order valence-electron chi connectivity index (χ1n) is 3.87. The van der Waals surface area contributed by atoms with Gasteiger partial charge in [0.1, 0.15) is 0 Å². The smallest absolute Gasteiger partial charge is 0.0654 e. The van der Waals surface area contributed by atoms with Crippen molar-refractivity contribution in [1.29, 1.82) is 0 Å². The monoisotopic (exact) mass is 167 g/mol. The summed E-state index contributed by atoms with van der Waals surface area (Å²) in [6.45, 7) is 6.85. The molecule has 0 aliphatic rings. The Morgan fingerprint density at radius 3 is 3.25 bits per heavy atom. The molecule has 0 saturated carbocycles. The van der Waals surface area contributed by atoms with Crippen molar-refractivity contribution < 1.29 is 4.84 Å². The van der Waals surface area contributed by atoms with Gasteiger partial charge in [-0.15, -0.1) is 0 Å². The maximum atomic E-state index is 4.97. The lowest BCUT2D eigenvalue weighted by Gasteiger charge is -1.99. The average Bonchev–Trinajstić information content (AvgIpc) is 2.53. The van der Waals surface area contributed by atoms with Gasteiger partial charge >= 0.3 is 0 Å². The first kappa shape index (κ1) is 8.96. The van der Waals surface area contributed by atoms with Gasteiger partial charge in [-0.2, -0.15) is 10.6 Å². The largest absolute Gasteiger partial charge is 0.302 e. The number of hydrogen-bond acceptors (Lipinski definition) is 3. The Labute approximate surface area is 71.8 Å². The lowest BCUT2D eigenvalue weighted by atomic mass is 10.4. The van der Waals surface area contributed by atoms with E-state index in [1.165, 1.54) is 0 Å². The molecule has 4 heteroatoms. The SMILES string of the molecule is C=Cn1cc(CNOCC)cn1. The van der Waals surface area contributed by atoms with Crippen molar-refractivity contribution in [3.8, 4) is 0 Å². The van der Waals surface area contributed by atoms with Gasteiger partial charge in [-0.05, 0) is 6.92 Å². The van der Waals surface area contributed by atoms with Gasteiger partial charge in [0.25, 0.3) is 0 Å². The molecule has 0 spiro atoms. The molecule has 1 aromatic rings. The van der Waals surface area contributed by atoms with E-state index < -0.39 is 0 Å². The fraction of sp³-hybridized carbons (Fsp3) is 0.375. The average molecular weight is 167 g/mol. The Hall–Kier alpha value is -1.13. The zero-order chi connectivity index (χ0) is 8.81. The Morgan fingerprint density at radius 2 is 2.67 bits per heavy atom. The van der Waals surface area contributed by atoms with Gasteiger partial charge in [-0.3, -0.25) is 0 Å². The molecule has 0 aromatic carbocycles. The number of aromatic nitrogens is 2. The molecule has 0 fully saturated rings. The minimum atomic E-state index is 0.662. The van der Waals surface area contributed by atoms with E-state index in [1.54, 1.807) is 17.1 Å². The van der Waals surface area contributed by atoms with Crippen LogP contribution in [0.5, 0.6) is 0 Å². The summed E-state index contributed by atoms with van der Waals surface area (Å²) in [5.74, 6) is 0. The van der Waals surface area contributed by atoms with E-state index in [2.05, 4.69) is 17.2 Å². The maximum Gasteiger partial charge on any atom is 0.0654 e. The van der Waals surface area contributed by atoms with E-state index in [9.17, 15) is 0 Å². The van der Waals surface area contributed by atoms with Crippen LogP contribution in [0.2, 0.25) is 0 Å². The highest BCUT2D eigenvalue weighted by molar-refractivity contribution is 5.17. The second kappa shape index (κ2) is 4.69. The van der Waals surface area contributed by atoms with E-state index >= 15 is 0 Å². The molecule has 0 radical (unpaired) electrons. The maximum absolute atomic E-state index is 4.97. The Kier molecular flexibility index (Phi) is 3.50. The summed E-state index contributed by atoms with van der Waals surface area (Å²) in [4.78, 5) is 4.97. The fourth-order valence-electron chi connectivity index (χ4n) is 0.805. The van der Waals surface area contributed by atoms with Crippen molar-refractivity contribution in [3.05, 3.63) is 24.5 Å². The summed E-state index contributed by atoms with van der Waals surface area (Å²) in [6, 6.07) is 0. The van der Waals surface area contributed by atoms with Crippen LogP contribution in [0.25, 0.3) is 6.20 Å². The van der Waals surface area contributed by atoms with Crippen LogP contribution >= 0.6 is 0 Å². The highest BCUT2D eigenvalue weighted by atomic mass is 16.6. The van der Waals surface area contributed by atoms with Gasteiger partial charge in [-0.1, -0.05) is 6.58 Å². The van der Waals surface area contributed by atoms with Crippen LogP contribution in [0.4, 0.5) is 0 Å². The third-order valence-corrected chi connectivity index (χ3v) is 1.36. The Balaban J connectivity index is 2.36. The minimum absolute atomic E-state index is 0.662. The molecule has 1 heterocycles. The summed E-state index contributed by atoms with van der Waals surface area (Å²) in [5, 5.41) is 4.02. The van der Waals surface area contributed by atoms with Crippen LogP contribution < -0.4 is 5.48 Å². The van der Waals surface area contributed by atoms with Crippen molar-refractivity contribution in [2.24, 2.45) is 0 Å². The third-order valence-electron chi connectivity index (χ3n) is 1.36. The molecule has 0 bridgehead atoms. The molecule has 0 aliphatic carbocycles. The van der Waals surface area contributed by atoms with Crippen LogP contribution in [-0.4, -0.2) is 16.4 Å². The van der Waals surface area contributed by atoms with Crippen LogP contribution in [0.3, 0.4) is 0 Å². The van der Waals surface area contributed by atoms with Crippen LogP contribution in [-0.2, 0) is 11.4 Å². The number of hydroxylamine groups is 1. The summed E-state index contributed by atoms with van der Waals surface area (Å²) in [7, 11) is 0. The predicted octanol–water partition coefficient (Wildman–Crippen LogP) is 1.02. The van der Waals surface area contributed by atoms with E-state index in [1.807, 2.05) is 13.1 Å². The molecular weight excluding hydrogens is 154 g/mol. The van der Waals surface area contributed by atoms with Gasteiger partial charge in [0.15, 0.2) is 0 Å². The zero-order valence-corrected chi connectivity index (χ0v) is 7.16. The first-order chi connectivity index (χ1) is 5.86. The molecule has 0 aliphatic heterocycles. The van der Waals surface area contributed by atoms with E-state index in [-0.39, 0.29) is 0 Å². The van der Waals surface area contributed by atoms with Crippen LogP contribution in [0.15, 0.2) is 19.0 Å². The normalized spacial score (nSPS) is 10.1. The summed E-state index contributed by atoms with van der Waals surface area (Å²) >= 11 is 0. The predicted molar refractivity (Wildman–Crippen MR) is 47.1 cm³/mol. The first-order valence-corrected chi connectivity index (χ1v) is 3.87. The fourth-order valence-corrected chi connectivity index (χ4v) is 0.805. The number of rotatable bonds is 5. The molecule has 12 heavy (non-hydrogen) atoms. The van der Waals surface area contributed by atoms with Crippen molar-refractivity contribution >= 4 is 6.20 Å². The second-order valence-corrected chi connectivity index (χ2v) is 2.27. The topological polar surface area (TPSA) is 39.1 Å². The van der Waals surface area contributed by atoms with Crippen molar-refractivity contribution in [2.45, 2.75) is 13.5 Å². The zero-order valence-electron chi connectivity index (χ0n) is 7.16. The van der Waals surface area contributed by atoms with Crippen molar-refractivity contribution in [2.75, 3.05) is 6.61 Å². The molecule has 66 valence electrons. The van der Waals surface area contributed by atoms with E-state index in [0.717, 1.165) is 5.56 Å². The highest BCUT2D eigenvalue weighted by Gasteiger charge is 1.94. The summed E-state index contributed by atoms with van der Waals surface area (Å²) in [6.07, 6.45) is 5.30. The quantitative estimate of drug-likeness (QED) is 0.525. The van der Waals surface area contributed by atoms with Crippen LogP contribution in [0, 0.1) is 0 Å². The molecule has 1 aromatic heterocycles. The molecule has 1 N–H and O–H groups in total. The van der Waals surface area contributed by atoms with Crippen molar-refractivity contribution in [1.82, 2.24) is 15.3 Å². The highest BCUT2D eigenvalue weighted by Crippen LogP contribution is 1.96. The second-order valence-electron chi connectivity index (χ2n) is 2.27. The third kappa shape index (κ3) is 2.48. The van der Waals surface area contributed by atoms with Gasteiger partial charge in [0, 0.05) is 24.5 Å². The van der Waals surface area contributed by atoms with Crippen LogP contribution in [0.1, 0.15) is 12.5 Å². The Morgan fingerprint density at radius 1 is 1.83 bits per heavy atom. The summed E-state index contributed by atoms with van der Waals surface area (Å²) in [5.41, 5.74) is 3.87. The van der Waals surface area contributed by atoms with Gasteiger partial charge < -0.3 is 4.84 Å². The molecule has 0 unspecified atom stereocenters. The molecule has 4 nitrogen and oxygen atoms in total. The molecular formula is C8H13N3O. The lowest BCUT2D eigenvalue weighted by molar-refractivity contribution is 0.0463. The van der Waals surface area contributed by atoms with Crippen molar-refractivity contribution in [3.63, 3.8) is 0 Å². The standard InChI is InChI=1S/C8H13N3O/c1-3-11-7-8(5-9-11)6-10-12-4-2/h3,5,7,10H,1,4,6H2,2H3. The van der Waals surface area contributed by atoms with E-state index in [4.69, 9.17) is 4.84 Å². The minimum Gasteiger partial charge on any atom is -0.302 e. The lowest BCUT2D eigenvalue weighted by Crippen LogP contribution is -2.12. The Bertz CT molecular complexity index is 244.